The smallest absolute Gasteiger partial charge is 0.338 e. The van der Waals surface area contributed by atoms with Crippen molar-refractivity contribution in [2.45, 2.75) is 19.3 Å². The fourth-order valence-corrected chi connectivity index (χ4v) is 3.13. The van der Waals surface area contributed by atoms with E-state index in [1.807, 2.05) is 12.1 Å². The van der Waals surface area contributed by atoms with Gasteiger partial charge in [-0.15, -0.1) is 0 Å². The highest BCUT2D eigenvalue weighted by atomic mass is 19.1. The van der Waals surface area contributed by atoms with Crippen LogP contribution >= 0.6 is 0 Å². The van der Waals surface area contributed by atoms with Gasteiger partial charge in [-0.3, -0.25) is 0 Å². The van der Waals surface area contributed by atoms with Gasteiger partial charge < -0.3 is 10.1 Å². The number of halogens is 1. The summed E-state index contributed by atoms with van der Waals surface area (Å²) in [5, 5.41) is 9.25. The van der Waals surface area contributed by atoms with Crippen LogP contribution in [0.2, 0.25) is 0 Å². The first kappa shape index (κ1) is 14.6. The molecule has 0 saturated carbocycles. The molecule has 1 aliphatic rings. The van der Waals surface area contributed by atoms with Crippen molar-refractivity contribution in [1.82, 2.24) is 9.97 Å². The molecule has 4 rings (SSSR count). The molecule has 24 heavy (non-hydrogen) atoms. The van der Waals surface area contributed by atoms with Gasteiger partial charge in [0, 0.05) is 5.56 Å². The van der Waals surface area contributed by atoms with E-state index >= 15 is 0 Å². The summed E-state index contributed by atoms with van der Waals surface area (Å²) in [7, 11) is 0. The molecule has 1 aromatic heterocycles. The van der Waals surface area contributed by atoms with Gasteiger partial charge in [0.05, 0.1) is 11.1 Å². The standard InChI is InChI=1S/C19H15FN2O2/c20-14-9-15(19(23)24)17-16(10-14)21-18(22-17)13-7-6-11-4-2-1-3-5-12(11)8-13/h2,4,6-10H,1,3,5H2,(H,21,22)(H,23,24). The number of H-pyrrole nitrogens is 1. The fourth-order valence-electron chi connectivity index (χ4n) is 3.13. The maximum Gasteiger partial charge on any atom is 0.338 e. The molecular weight excluding hydrogens is 307 g/mol. The SMILES string of the molecule is O=C(O)c1cc(F)cc2[nH]c(-c3ccc4c(c3)CCCC=C4)nc12. The first-order valence-electron chi connectivity index (χ1n) is 7.84. The number of aryl methyl sites for hydroxylation is 1. The van der Waals surface area contributed by atoms with Crippen molar-refractivity contribution in [2.24, 2.45) is 0 Å². The third-order valence-electron chi connectivity index (χ3n) is 4.31. The number of imidazole rings is 1. The van der Waals surface area contributed by atoms with Crippen molar-refractivity contribution in [1.29, 1.82) is 0 Å². The summed E-state index contributed by atoms with van der Waals surface area (Å²) in [5.74, 6) is -1.24. The van der Waals surface area contributed by atoms with E-state index in [1.54, 1.807) is 0 Å². The van der Waals surface area contributed by atoms with Crippen LogP contribution in [-0.4, -0.2) is 21.0 Å². The third-order valence-corrected chi connectivity index (χ3v) is 4.31. The molecule has 1 heterocycles. The van der Waals surface area contributed by atoms with Gasteiger partial charge in [0.2, 0.25) is 0 Å². The topological polar surface area (TPSA) is 66.0 Å². The molecule has 0 aliphatic heterocycles. The largest absolute Gasteiger partial charge is 0.478 e. The van der Waals surface area contributed by atoms with Crippen molar-refractivity contribution >= 4 is 23.1 Å². The second-order valence-corrected chi connectivity index (χ2v) is 5.95. The van der Waals surface area contributed by atoms with Gasteiger partial charge in [0.25, 0.3) is 0 Å². The second kappa shape index (κ2) is 5.60. The maximum absolute atomic E-state index is 13.6. The van der Waals surface area contributed by atoms with Crippen molar-refractivity contribution in [3.05, 3.63) is 58.9 Å². The molecule has 0 bridgehead atoms. The van der Waals surface area contributed by atoms with Gasteiger partial charge in [0.1, 0.15) is 17.2 Å². The van der Waals surface area contributed by atoms with Crippen LogP contribution in [0.25, 0.3) is 28.5 Å². The Bertz CT molecular complexity index is 988. The Morgan fingerprint density at radius 2 is 2.12 bits per heavy atom. The normalized spacial score (nSPS) is 13.7. The number of nitrogens with one attached hydrogen (secondary N) is 1. The summed E-state index contributed by atoms with van der Waals surface area (Å²) >= 11 is 0. The number of aromatic carboxylic acids is 1. The fraction of sp³-hybridized carbons (Fsp3) is 0.158. The van der Waals surface area contributed by atoms with Gasteiger partial charge >= 0.3 is 5.97 Å². The zero-order valence-electron chi connectivity index (χ0n) is 12.8. The van der Waals surface area contributed by atoms with Crippen molar-refractivity contribution in [3.63, 3.8) is 0 Å². The number of hydrogen-bond donors (Lipinski definition) is 2. The first-order chi connectivity index (χ1) is 11.6. The lowest BCUT2D eigenvalue weighted by Crippen LogP contribution is -1.98. The molecule has 0 fully saturated rings. The Balaban J connectivity index is 1.85. The molecule has 0 saturated heterocycles. The molecule has 0 radical (unpaired) electrons. The molecule has 0 atom stereocenters. The van der Waals surface area contributed by atoms with Gasteiger partial charge in [-0.1, -0.05) is 24.3 Å². The van der Waals surface area contributed by atoms with E-state index in [2.05, 4.69) is 28.2 Å². The van der Waals surface area contributed by atoms with Crippen LogP contribution in [0.3, 0.4) is 0 Å². The number of aromatic nitrogens is 2. The Kier molecular flexibility index (Phi) is 3.41. The summed E-state index contributed by atoms with van der Waals surface area (Å²) in [5.41, 5.74) is 3.84. The van der Waals surface area contributed by atoms with E-state index in [0.29, 0.717) is 11.3 Å². The number of aromatic amines is 1. The lowest BCUT2D eigenvalue weighted by Gasteiger charge is -2.05. The lowest BCUT2D eigenvalue weighted by molar-refractivity contribution is 0.0698. The predicted molar refractivity (Wildman–Crippen MR) is 90.4 cm³/mol. The molecule has 3 aromatic rings. The number of benzene rings is 2. The van der Waals surface area contributed by atoms with E-state index in [1.165, 1.54) is 17.2 Å². The summed E-state index contributed by atoms with van der Waals surface area (Å²) in [6.07, 6.45) is 7.46. The number of nitrogens with zero attached hydrogens (tertiary/aromatic N) is 1. The average Bonchev–Trinajstić information content (AvgIpc) is 2.83. The molecule has 0 unspecified atom stereocenters. The van der Waals surface area contributed by atoms with Crippen molar-refractivity contribution < 1.29 is 14.3 Å². The molecule has 120 valence electrons. The number of allylic oxidation sites excluding steroid dienone is 1. The number of hydrogen-bond acceptors (Lipinski definition) is 2. The number of carboxylic acids is 1. The molecule has 2 aromatic carbocycles. The van der Waals surface area contributed by atoms with Crippen LogP contribution < -0.4 is 0 Å². The molecule has 0 amide bonds. The summed E-state index contributed by atoms with van der Waals surface area (Å²) in [4.78, 5) is 18.7. The van der Waals surface area contributed by atoms with E-state index < -0.39 is 11.8 Å². The molecule has 2 N–H and O–H groups in total. The van der Waals surface area contributed by atoms with Crippen molar-refractivity contribution in [3.8, 4) is 11.4 Å². The Labute approximate surface area is 137 Å². The predicted octanol–water partition coefficient (Wildman–Crippen LogP) is 4.42. The number of rotatable bonds is 2. The Hall–Kier alpha value is -2.95. The van der Waals surface area contributed by atoms with Gasteiger partial charge in [-0.2, -0.15) is 0 Å². The van der Waals surface area contributed by atoms with Gasteiger partial charge in [-0.05, 0) is 48.6 Å². The minimum Gasteiger partial charge on any atom is -0.478 e. The molecular formula is C19H15FN2O2. The van der Waals surface area contributed by atoms with Gasteiger partial charge in [0.15, 0.2) is 0 Å². The highest BCUT2D eigenvalue weighted by Gasteiger charge is 2.16. The highest BCUT2D eigenvalue weighted by molar-refractivity contribution is 6.01. The first-order valence-corrected chi connectivity index (χ1v) is 7.84. The number of fused-ring (bicyclic) bond motifs is 2. The average molecular weight is 322 g/mol. The van der Waals surface area contributed by atoms with E-state index in [4.69, 9.17) is 0 Å². The number of carbonyl (C=O) groups is 1. The minimum absolute atomic E-state index is 0.134. The second-order valence-electron chi connectivity index (χ2n) is 5.95. The Morgan fingerprint density at radius 1 is 1.25 bits per heavy atom. The van der Waals surface area contributed by atoms with E-state index in [9.17, 15) is 14.3 Å². The monoisotopic (exact) mass is 322 g/mol. The van der Waals surface area contributed by atoms with Crippen LogP contribution in [0.4, 0.5) is 4.39 Å². The zero-order chi connectivity index (χ0) is 16.7. The van der Waals surface area contributed by atoms with Crippen LogP contribution in [0.1, 0.15) is 34.3 Å². The quantitative estimate of drug-likeness (QED) is 0.734. The third kappa shape index (κ3) is 2.48. The van der Waals surface area contributed by atoms with Crippen LogP contribution in [0, 0.1) is 5.82 Å². The molecule has 0 spiro atoms. The van der Waals surface area contributed by atoms with Crippen LogP contribution in [0.5, 0.6) is 0 Å². The molecule has 1 aliphatic carbocycles. The Morgan fingerprint density at radius 3 is 2.96 bits per heavy atom. The number of carboxylic acid groups (broad SMARTS) is 1. The highest BCUT2D eigenvalue weighted by Crippen LogP contribution is 2.28. The maximum atomic E-state index is 13.6. The summed E-state index contributed by atoms with van der Waals surface area (Å²) in [6.45, 7) is 0. The van der Waals surface area contributed by atoms with Crippen LogP contribution in [0.15, 0.2) is 36.4 Å². The van der Waals surface area contributed by atoms with E-state index in [-0.39, 0.29) is 11.1 Å². The molecule has 4 nitrogen and oxygen atoms in total. The minimum atomic E-state index is -1.19. The van der Waals surface area contributed by atoms with Gasteiger partial charge in [-0.25, -0.2) is 14.2 Å². The van der Waals surface area contributed by atoms with Crippen molar-refractivity contribution in [2.75, 3.05) is 0 Å². The zero-order valence-corrected chi connectivity index (χ0v) is 12.8. The van der Waals surface area contributed by atoms with E-state index in [0.717, 1.165) is 30.9 Å². The van der Waals surface area contributed by atoms with Crippen LogP contribution in [-0.2, 0) is 6.42 Å². The molecule has 5 heteroatoms. The lowest BCUT2D eigenvalue weighted by atomic mass is 10.0. The summed E-state index contributed by atoms with van der Waals surface area (Å²) < 4.78 is 13.6. The summed E-state index contributed by atoms with van der Waals surface area (Å²) in [6, 6.07) is 8.32.